The van der Waals surface area contributed by atoms with Crippen molar-refractivity contribution >= 4 is 5.69 Å². The molecule has 0 spiro atoms. The zero-order chi connectivity index (χ0) is 13.0. The van der Waals surface area contributed by atoms with E-state index in [2.05, 4.69) is 17.1 Å². The molecule has 3 nitrogen and oxygen atoms in total. The van der Waals surface area contributed by atoms with Gasteiger partial charge < -0.3 is 15.3 Å². The van der Waals surface area contributed by atoms with Crippen molar-refractivity contribution in [2.75, 3.05) is 24.6 Å². The molecule has 0 amide bonds. The van der Waals surface area contributed by atoms with Crippen molar-refractivity contribution in [3.8, 4) is 0 Å². The number of para-hydroxylation sites is 1. The number of halogens is 1. The van der Waals surface area contributed by atoms with Crippen molar-refractivity contribution in [3.05, 3.63) is 30.1 Å². The minimum Gasteiger partial charge on any atom is -0.396 e. The quantitative estimate of drug-likeness (QED) is 0.860. The number of benzene rings is 1. The molecule has 1 saturated heterocycles. The summed E-state index contributed by atoms with van der Waals surface area (Å²) in [4.78, 5) is 2.11. The average molecular weight is 252 g/mol. The van der Waals surface area contributed by atoms with Gasteiger partial charge in [-0.05, 0) is 38.4 Å². The van der Waals surface area contributed by atoms with Gasteiger partial charge in [0.1, 0.15) is 5.82 Å². The van der Waals surface area contributed by atoms with Crippen molar-refractivity contribution in [2.24, 2.45) is 0 Å². The minimum atomic E-state index is -0.172. The third kappa shape index (κ3) is 3.00. The Morgan fingerprint density at radius 2 is 2.22 bits per heavy atom. The summed E-state index contributed by atoms with van der Waals surface area (Å²) in [6.07, 6.45) is 1.69. The number of aliphatic hydroxyl groups is 1. The third-order valence-electron chi connectivity index (χ3n) is 3.58. The molecule has 4 heteroatoms. The molecule has 1 aromatic rings. The molecule has 0 saturated carbocycles. The van der Waals surface area contributed by atoms with Crippen LogP contribution >= 0.6 is 0 Å². The van der Waals surface area contributed by atoms with Crippen molar-refractivity contribution in [3.63, 3.8) is 0 Å². The molecule has 0 aromatic heterocycles. The average Bonchev–Trinajstić information content (AvgIpc) is 2.53. The first kappa shape index (κ1) is 13.3. The van der Waals surface area contributed by atoms with Crippen LogP contribution in [-0.4, -0.2) is 36.9 Å². The van der Waals surface area contributed by atoms with Crippen LogP contribution in [0.2, 0.25) is 0 Å². The van der Waals surface area contributed by atoms with Crippen LogP contribution in [0.1, 0.15) is 19.8 Å². The summed E-state index contributed by atoms with van der Waals surface area (Å²) in [6, 6.07) is 7.43. The van der Waals surface area contributed by atoms with E-state index in [9.17, 15) is 4.39 Å². The number of hydrogen-bond donors (Lipinski definition) is 2. The van der Waals surface area contributed by atoms with E-state index in [-0.39, 0.29) is 18.5 Å². The summed E-state index contributed by atoms with van der Waals surface area (Å²) in [5, 5.41) is 12.5. The van der Waals surface area contributed by atoms with Gasteiger partial charge in [0.05, 0.1) is 5.69 Å². The zero-order valence-electron chi connectivity index (χ0n) is 10.8. The van der Waals surface area contributed by atoms with Gasteiger partial charge in [-0.25, -0.2) is 4.39 Å². The Hall–Kier alpha value is -1.13. The first-order chi connectivity index (χ1) is 8.72. The van der Waals surface area contributed by atoms with Gasteiger partial charge in [0.25, 0.3) is 0 Å². The molecule has 2 rings (SSSR count). The second kappa shape index (κ2) is 6.16. The van der Waals surface area contributed by atoms with Crippen LogP contribution in [0.3, 0.4) is 0 Å². The van der Waals surface area contributed by atoms with Crippen LogP contribution in [0.4, 0.5) is 10.1 Å². The maximum Gasteiger partial charge on any atom is 0.146 e. The molecule has 2 N–H and O–H groups in total. The Labute approximate surface area is 108 Å². The van der Waals surface area contributed by atoms with Gasteiger partial charge in [-0.3, -0.25) is 0 Å². The predicted octanol–water partition coefficient (Wildman–Crippen LogP) is 1.76. The highest BCUT2D eigenvalue weighted by atomic mass is 19.1. The lowest BCUT2D eigenvalue weighted by molar-refractivity contribution is 0.267. The van der Waals surface area contributed by atoms with Gasteiger partial charge in [-0.15, -0.1) is 0 Å². The molecule has 0 bridgehead atoms. The van der Waals surface area contributed by atoms with Crippen molar-refractivity contribution in [1.29, 1.82) is 0 Å². The summed E-state index contributed by atoms with van der Waals surface area (Å²) >= 11 is 0. The topological polar surface area (TPSA) is 35.5 Å². The van der Waals surface area contributed by atoms with Crippen molar-refractivity contribution < 1.29 is 9.50 Å². The molecular formula is C14H21FN2O. The molecule has 1 fully saturated rings. The number of anilines is 1. The first-order valence-electron chi connectivity index (χ1n) is 6.57. The minimum absolute atomic E-state index is 0.164. The van der Waals surface area contributed by atoms with E-state index in [1.54, 1.807) is 6.07 Å². The number of rotatable bonds is 3. The lowest BCUT2D eigenvalue weighted by Gasteiger charge is -2.31. The zero-order valence-corrected chi connectivity index (χ0v) is 10.8. The highest BCUT2D eigenvalue weighted by Crippen LogP contribution is 2.24. The Morgan fingerprint density at radius 1 is 1.44 bits per heavy atom. The number of hydrogen-bond acceptors (Lipinski definition) is 3. The van der Waals surface area contributed by atoms with E-state index in [0.29, 0.717) is 18.2 Å². The molecule has 1 aliphatic rings. The number of nitrogens with one attached hydrogen (secondary N) is 1. The van der Waals surface area contributed by atoms with Crippen LogP contribution in [0, 0.1) is 5.82 Å². The molecule has 0 aliphatic carbocycles. The van der Waals surface area contributed by atoms with Gasteiger partial charge in [-0.2, -0.15) is 0 Å². The molecule has 0 radical (unpaired) electrons. The summed E-state index contributed by atoms with van der Waals surface area (Å²) in [7, 11) is 0. The second-order valence-electron chi connectivity index (χ2n) is 4.90. The van der Waals surface area contributed by atoms with Crippen LogP contribution in [0.5, 0.6) is 0 Å². The Bertz CT molecular complexity index is 386. The highest BCUT2D eigenvalue weighted by molar-refractivity contribution is 5.49. The molecule has 2 unspecified atom stereocenters. The van der Waals surface area contributed by atoms with E-state index in [1.807, 2.05) is 12.1 Å². The molecule has 2 atom stereocenters. The summed E-state index contributed by atoms with van der Waals surface area (Å²) in [5.41, 5.74) is 0.664. The number of aliphatic hydroxyl groups excluding tert-OH is 1. The molecule has 100 valence electrons. The standard InChI is InChI=1S/C14H21FN2O/c1-11-6-8-16-12(7-9-18)10-17(11)14-5-3-2-4-13(14)15/h2-5,11-12,16,18H,6-10H2,1H3. The molecule has 1 aliphatic heterocycles. The van der Waals surface area contributed by atoms with Gasteiger partial charge >= 0.3 is 0 Å². The SMILES string of the molecule is CC1CCNC(CCO)CN1c1ccccc1F. The molecule has 18 heavy (non-hydrogen) atoms. The first-order valence-corrected chi connectivity index (χ1v) is 6.57. The summed E-state index contributed by atoms with van der Waals surface area (Å²) < 4.78 is 13.9. The van der Waals surface area contributed by atoms with E-state index < -0.39 is 0 Å². The van der Waals surface area contributed by atoms with E-state index in [4.69, 9.17) is 5.11 Å². The Balaban J connectivity index is 2.20. The van der Waals surface area contributed by atoms with Gasteiger partial charge in [0.2, 0.25) is 0 Å². The van der Waals surface area contributed by atoms with E-state index >= 15 is 0 Å². The van der Waals surface area contributed by atoms with Crippen LogP contribution in [0.15, 0.2) is 24.3 Å². The summed E-state index contributed by atoms with van der Waals surface area (Å²) in [5.74, 6) is -0.172. The van der Waals surface area contributed by atoms with Crippen molar-refractivity contribution in [1.82, 2.24) is 5.32 Å². The normalized spacial score (nSPS) is 24.9. The fourth-order valence-electron chi connectivity index (χ4n) is 2.50. The lowest BCUT2D eigenvalue weighted by atomic mass is 10.1. The monoisotopic (exact) mass is 252 g/mol. The largest absolute Gasteiger partial charge is 0.396 e. The van der Waals surface area contributed by atoms with Crippen molar-refractivity contribution in [2.45, 2.75) is 31.8 Å². The fraction of sp³-hybridized carbons (Fsp3) is 0.571. The fourth-order valence-corrected chi connectivity index (χ4v) is 2.50. The molecule has 1 heterocycles. The smallest absolute Gasteiger partial charge is 0.146 e. The van der Waals surface area contributed by atoms with Gasteiger partial charge in [-0.1, -0.05) is 12.1 Å². The van der Waals surface area contributed by atoms with E-state index in [1.165, 1.54) is 6.07 Å². The highest BCUT2D eigenvalue weighted by Gasteiger charge is 2.24. The van der Waals surface area contributed by atoms with Crippen LogP contribution in [-0.2, 0) is 0 Å². The number of nitrogens with zero attached hydrogens (tertiary/aromatic N) is 1. The predicted molar refractivity (Wildman–Crippen MR) is 71.3 cm³/mol. The second-order valence-corrected chi connectivity index (χ2v) is 4.90. The Morgan fingerprint density at radius 3 is 2.94 bits per heavy atom. The van der Waals surface area contributed by atoms with Gasteiger partial charge in [0.15, 0.2) is 0 Å². The molecular weight excluding hydrogens is 231 g/mol. The van der Waals surface area contributed by atoms with Gasteiger partial charge in [0, 0.05) is 25.2 Å². The summed E-state index contributed by atoms with van der Waals surface area (Å²) in [6.45, 7) is 3.94. The lowest BCUT2D eigenvalue weighted by Crippen LogP contribution is -2.41. The maximum atomic E-state index is 13.9. The van der Waals surface area contributed by atoms with Crippen LogP contribution in [0.25, 0.3) is 0 Å². The molecule has 1 aromatic carbocycles. The van der Waals surface area contributed by atoms with Crippen LogP contribution < -0.4 is 10.2 Å². The van der Waals surface area contributed by atoms with E-state index in [0.717, 1.165) is 19.5 Å². The maximum absolute atomic E-state index is 13.9. The Kier molecular flexibility index (Phi) is 4.55. The third-order valence-corrected chi connectivity index (χ3v) is 3.58.